The maximum atomic E-state index is 13.2. The van der Waals surface area contributed by atoms with Gasteiger partial charge in [-0.2, -0.15) is 0 Å². The minimum absolute atomic E-state index is 0.0122. The summed E-state index contributed by atoms with van der Waals surface area (Å²) in [6.45, 7) is 1.56. The number of hydrogen-bond acceptors (Lipinski definition) is 3. The van der Waals surface area contributed by atoms with Gasteiger partial charge in [-0.25, -0.2) is 4.39 Å². The molecule has 1 heterocycles. The van der Waals surface area contributed by atoms with Crippen LogP contribution in [0.5, 0.6) is 0 Å². The van der Waals surface area contributed by atoms with E-state index in [9.17, 15) is 18.8 Å². The van der Waals surface area contributed by atoms with E-state index in [0.717, 1.165) is 25.3 Å². The van der Waals surface area contributed by atoms with Crippen LogP contribution >= 0.6 is 11.6 Å². The van der Waals surface area contributed by atoms with Gasteiger partial charge in [0.2, 0.25) is 11.8 Å². The highest BCUT2D eigenvalue weighted by Gasteiger charge is 2.54. The van der Waals surface area contributed by atoms with Crippen LogP contribution in [0, 0.1) is 29.0 Å². The summed E-state index contributed by atoms with van der Waals surface area (Å²) >= 11 is 6.01. The Balaban J connectivity index is 1.12. The second-order valence-corrected chi connectivity index (χ2v) is 10.6. The summed E-state index contributed by atoms with van der Waals surface area (Å²) in [6.07, 6.45) is 6.76. The summed E-state index contributed by atoms with van der Waals surface area (Å²) in [7, 11) is 0. The molecule has 1 aromatic rings. The summed E-state index contributed by atoms with van der Waals surface area (Å²) < 4.78 is 13.2. The lowest BCUT2D eigenvalue weighted by atomic mass is 9.49. The fourth-order valence-electron chi connectivity index (χ4n) is 6.84. The monoisotopic (exact) mass is 461 g/mol. The van der Waals surface area contributed by atoms with Crippen molar-refractivity contribution in [1.29, 1.82) is 0 Å². The summed E-state index contributed by atoms with van der Waals surface area (Å²) in [5.74, 6) is 1.24. The number of hydrogen-bond donors (Lipinski definition) is 1. The van der Waals surface area contributed by atoms with Crippen LogP contribution < -0.4 is 5.32 Å². The van der Waals surface area contributed by atoms with Crippen LogP contribution in [0.1, 0.15) is 48.9 Å². The fraction of sp³-hybridized carbons (Fsp3) is 0.625. The first-order chi connectivity index (χ1) is 15.3. The largest absolute Gasteiger partial charge is 0.347 e. The summed E-state index contributed by atoms with van der Waals surface area (Å²) in [6, 6.07) is 3.73. The number of carbonyl (C=O) groups is 3. The van der Waals surface area contributed by atoms with Gasteiger partial charge in [-0.15, -0.1) is 0 Å². The molecule has 4 bridgehead atoms. The lowest BCUT2D eigenvalue weighted by Crippen LogP contribution is -2.56. The lowest BCUT2D eigenvalue weighted by Gasteiger charge is -2.55. The van der Waals surface area contributed by atoms with Crippen LogP contribution in [0.4, 0.5) is 4.39 Å². The molecule has 6 nitrogen and oxygen atoms in total. The highest BCUT2D eigenvalue weighted by Crippen LogP contribution is 2.60. The Morgan fingerprint density at radius 2 is 1.53 bits per heavy atom. The summed E-state index contributed by atoms with van der Waals surface area (Å²) in [4.78, 5) is 41.8. The molecule has 8 heteroatoms. The van der Waals surface area contributed by atoms with Crippen LogP contribution in [-0.4, -0.2) is 60.2 Å². The van der Waals surface area contributed by atoms with Gasteiger partial charge in [0.25, 0.3) is 5.91 Å². The Morgan fingerprint density at radius 3 is 2.09 bits per heavy atom. The first kappa shape index (κ1) is 21.7. The number of nitrogens with one attached hydrogen (secondary N) is 1. The van der Waals surface area contributed by atoms with Crippen LogP contribution in [-0.2, 0) is 9.59 Å². The SMILES string of the molecule is O=C(CNC(=O)C12CC3CC(CC(C3)C1)C2)N1CCN(C(=O)c2ccc(F)cc2Cl)CC1. The predicted molar refractivity (Wildman–Crippen MR) is 118 cm³/mol. The van der Waals surface area contributed by atoms with Crippen LogP contribution in [0.25, 0.3) is 0 Å². The van der Waals surface area contributed by atoms with Crippen molar-refractivity contribution in [1.82, 2.24) is 15.1 Å². The van der Waals surface area contributed by atoms with E-state index in [4.69, 9.17) is 11.6 Å². The van der Waals surface area contributed by atoms with Gasteiger partial charge in [0.15, 0.2) is 0 Å². The molecule has 0 unspecified atom stereocenters. The maximum Gasteiger partial charge on any atom is 0.255 e. The maximum absolute atomic E-state index is 13.2. The molecule has 0 aromatic heterocycles. The molecule has 6 rings (SSSR count). The minimum Gasteiger partial charge on any atom is -0.347 e. The van der Waals surface area contributed by atoms with Gasteiger partial charge in [-0.3, -0.25) is 14.4 Å². The Labute approximate surface area is 192 Å². The normalized spacial score (nSPS) is 31.0. The Bertz CT molecular complexity index is 909. The first-order valence-corrected chi connectivity index (χ1v) is 12.0. The van der Waals surface area contributed by atoms with Gasteiger partial charge in [-0.05, 0) is 74.5 Å². The van der Waals surface area contributed by atoms with Crippen LogP contribution in [0.15, 0.2) is 18.2 Å². The van der Waals surface area contributed by atoms with Gasteiger partial charge in [0.05, 0.1) is 17.1 Å². The molecule has 0 radical (unpaired) electrons. The number of rotatable bonds is 4. The summed E-state index contributed by atoms with van der Waals surface area (Å²) in [5, 5.41) is 3.03. The molecule has 1 aromatic carbocycles. The molecule has 4 aliphatic carbocycles. The Kier molecular flexibility index (Phi) is 5.64. The minimum atomic E-state index is -0.488. The van der Waals surface area contributed by atoms with E-state index >= 15 is 0 Å². The van der Waals surface area contributed by atoms with Crippen molar-refractivity contribution < 1.29 is 18.8 Å². The van der Waals surface area contributed by atoms with Crippen LogP contribution in [0.2, 0.25) is 5.02 Å². The van der Waals surface area contributed by atoms with Crippen molar-refractivity contribution in [3.05, 3.63) is 34.6 Å². The van der Waals surface area contributed by atoms with Gasteiger partial charge in [0.1, 0.15) is 5.82 Å². The second kappa shape index (κ2) is 8.32. The smallest absolute Gasteiger partial charge is 0.255 e. The van der Waals surface area contributed by atoms with Crippen molar-refractivity contribution in [2.75, 3.05) is 32.7 Å². The van der Waals surface area contributed by atoms with Crippen molar-refractivity contribution >= 4 is 29.3 Å². The van der Waals surface area contributed by atoms with E-state index in [0.29, 0.717) is 43.9 Å². The average molecular weight is 462 g/mol. The molecule has 1 saturated heterocycles. The topological polar surface area (TPSA) is 69.7 Å². The Morgan fingerprint density at radius 1 is 0.969 bits per heavy atom. The van der Waals surface area contributed by atoms with E-state index < -0.39 is 5.82 Å². The fourth-order valence-corrected chi connectivity index (χ4v) is 7.08. The second-order valence-electron chi connectivity index (χ2n) is 10.2. The third-order valence-corrected chi connectivity index (χ3v) is 8.31. The van der Waals surface area contributed by atoms with E-state index in [1.165, 1.54) is 31.4 Å². The quantitative estimate of drug-likeness (QED) is 0.749. The van der Waals surface area contributed by atoms with E-state index in [1.807, 2.05) is 0 Å². The predicted octanol–water partition coefficient (Wildman–Crippen LogP) is 3.10. The van der Waals surface area contributed by atoms with Crippen molar-refractivity contribution in [2.24, 2.45) is 23.2 Å². The van der Waals surface area contributed by atoms with Gasteiger partial charge >= 0.3 is 0 Å². The molecular formula is C24H29ClFN3O3. The average Bonchev–Trinajstić information content (AvgIpc) is 2.76. The van der Waals surface area contributed by atoms with Crippen molar-refractivity contribution in [3.8, 4) is 0 Å². The molecule has 32 heavy (non-hydrogen) atoms. The summed E-state index contributed by atoms with van der Waals surface area (Å²) in [5.41, 5.74) is 0.00450. The van der Waals surface area contributed by atoms with E-state index in [2.05, 4.69) is 5.32 Å². The van der Waals surface area contributed by atoms with Crippen LogP contribution in [0.3, 0.4) is 0 Å². The number of halogens is 2. The molecular weight excluding hydrogens is 433 g/mol. The molecule has 0 spiro atoms. The zero-order valence-electron chi connectivity index (χ0n) is 18.1. The van der Waals surface area contributed by atoms with Crippen molar-refractivity contribution in [3.63, 3.8) is 0 Å². The third-order valence-electron chi connectivity index (χ3n) is 8.00. The lowest BCUT2D eigenvalue weighted by molar-refractivity contribution is -0.148. The molecule has 0 atom stereocenters. The molecule has 5 fully saturated rings. The highest BCUT2D eigenvalue weighted by atomic mass is 35.5. The zero-order chi connectivity index (χ0) is 22.5. The number of nitrogens with zero attached hydrogens (tertiary/aromatic N) is 2. The molecule has 1 aliphatic heterocycles. The molecule has 1 N–H and O–H groups in total. The third kappa shape index (κ3) is 4.00. The Hall–Kier alpha value is -2.15. The molecule has 4 saturated carbocycles. The van der Waals surface area contributed by atoms with Gasteiger partial charge in [0, 0.05) is 31.6 Å². The number of amides is 3. The van der Waals surface area contributed by atoms with Gasteiger partial charge < -0.3 is 15.1 Å². The highest BCUT2D eigenvalue weighted by molar-refractivity contribution is 6.33. The zero-order valence-corrected chi connectivity index (χ0v) is 18.9. The number of benzene rings is 1. The van der Waals surface area contributed by atoms with Gasteiger partial charge in [-0.1, -0.05) is 11.6 Å². The van der Waals surface area contributed by atoms with E-state index in [1.54, 1.807) is 9.80 Å². The molecule has 5 aliphatic rings. The van der Waals surface area contributed by atoms with Crippen molar-refractivity contribution in [2.45, 2.75) is 38.5 Å². The first-order valence-electron chi connectivity index (χ1n) is 11.6. The standard InChI is InChI=1S/C24H29ClFN3O3/c25-20-10-18(26)1-2-19(20)22(31)29-5-3-28(4-6-29)21(30)14-27-23(32)24-11-15-7-16(12-24)9-17(8-15)13-24/h1-2,10,15-17H,3-9,11-14H2,(H,27,32). The van der Waals surface area contributed by atoms with E-state index in [-0.39, 0.29) is 40.3 Å². The molecule has 172 valence electrons. The molecule has 3 amide bonds. The number of piperazine rings is 1. The number of carbonyl (C=O) groups excluding carboxylic acids is 3.